The molecule has 1 saturated carbocycles. The molecule has 0 aromatic carbocycles. The number of nitrogens with zero attached hydrogens (tertiary/aromatic N) is 1. The molecule has 2 heteroatoms. The van der Waals surface area contributed by atoms with E-state index in [0.29, 0.717) is 0 Å². The van der Waals surface area contributed by atoms with Crippen LogP contribution in [0.25, 0.3) is 0 Å². The molecule has 2 rings (SSSR count). The van der Waals surface area contributed by atoms with Crippen LogP contribution < -0.4 is 5.73 Å². The summed E-state index contributed by atoms with van der Waals surface area (Å²) in [6.07, 6.45) is 5.75. The molecule has 0 aromatic rings. The van der Waals surface area contributed by atoms with Crippen LogP contribution in [0.15, 0.2) is 0 Å². The molecule has 2 N–H and O–H groups in total. The molecule has 94 valence electrons. The molecule has 2 nitrogen and oxygen atoms in total. The van der Waals surface area contributed by atoms with E-state index in [1.54, 1.807) is 0 Å². The molecule has 3 unspecified atom stereocenters. The van der Waals surface area contributed by atoms with E-state index in [2.05, 4.69) is 18.7 Å². The van der Waals surface area contributed by atoms with Gasteiger partial charge in [-0.1, -0.05) is 20.3 Å². The van der Waals surface area contributed by atoms with Crippen LogP contribution in [0.2, 0.25) is 0 Å². The number of hydrogen-bond donors (Lipinski definition) is 1. The predicted octanol–water partition coefficient (Wildman–Crippen LogP) is 2.34. The quantitative estimate of drug-likeness (QED) is 0.776. The Morgan fingerprint density at radius 1 is 1.19 bits per heavy atom. The van der Waals surface area contributed by atoms with Gasteiger partial charge in [-0.05, 0) is 49.5 Å². The number of hydrogen-bond acceptors (Lipinski definition) is 2. The van der Waals surface area contributed by atoms with Crippen LogP contribution in [0.4, 0.5) is 0 Å². The highest BCUT2D eigenvalue weighted by atomic mass is 15.2. The SMILES string of the molecule is CC(C)CC(CN)CN1CC2CCCC2C1. The second-order valence-corrected chi connectivity index (χ2v) is 6.40. The van der Waals surface area contributed by atoms with Crippen molar-refractivity contribution in [2.45, 2.75) is 39.5 Å². The van der Waals surface area contributed by atoms with Crippen molar-refractivity contribution >= 4 is 0 Å². The first kappa shape index (κ1) is 12.4. The molecule has 0 radical (unpaired) electrons. The summed E-state index contributed by atoms with van der Waals surface area (Å²) in [7, 11) is 0. The third-order valence-electron chi connectivity index (χ3n) is 4.46. The Labute approximate surface area is 101 Å². The maximum absolute atomic E-state index is 5.89. The van der Waals surface area contributed by atoms with Gasteiger partial charge in [-0.2, -0.15) is 0 Å². The Morgan fingerprint density at radius 3 is 2.31 bits per heavy atom. The van der Waals surface area contributed by atoms with Crippen molar-refractivity contribution in [1.82, 2.24) is 4.90 Å². The first-order chi connectivity index (χ1) is 7.69. The third-order valence-corrected chi connectivity index (χ3v) is 4.46. The van der Waals surface area contributed by atoms with Gasteiger partial charge in [0.15, 0.2) is 0 Å². The minimum absolute atomic E-state index is 0.721. The molecular weight excluding hydrogens is 196 g/mol. The molecule has 0 spiro atoms. The average Bonchev–Trinajstić information content (AvgIpc) is 2.75. The van der Waals surface area contributed by atoms with E-state index in [9.17, 15) is 0 Å². The molecule has 16 heavy (non-hydrogen) atoms. The predicted molar refractivity (Wildman–Crippen MR) is 69.3 cm³/mol. The monoisotopic (exact) mass is 224 g/mol. The number of likely N-dealkylation sites (tertiary alicyclic amines) is 1. The van der Waals surface area contributed by atoms with Crippen molar-refractivity contribution in [1.29, 1.82) is 0 Å². The fourth-order valence-corrected chi connectivity index (χ4v) is 3.76. The zero-order chi connectivity index (χ0) is 11.5. The summed E-state index contributed by atoms with van der Waals surface area (Å²) in [5.74, 6) is 3.56. The summed E-state index contributed by atoms with van der Waals surface area (Å²) in [6.45, 7) is 9.45. The lowest BCUT2D eigenvalue weighted by atomic mass is 9.97. The van der Waals surface area contributed by atoms with Crippen LogP contribution in [0.5, 0.6) is 0 Å². The average molecular weight is 224 g/mol. The highest BCUT2D eigenvalue weighted by molar-refractivity contribution is 4.89. The van der Waals surface area contributed by atoms with Crippen LogP contribution in [0.1, 0.15) is 39.5 Å². The molecule has 1 aliphatic heterocycles. The zero-order valence-corrected chi connectivity index (χ0v) is 11.0. The van der Waals surface area contributed by atoms with Crippen molar-refractivity contribution in [3.63, 3.8) is 0 Å². The van der Waals surface area contributed by atoms with E-state index in [-0.39, 0.29) is 0 Å². The fourth-order valence-electron chi connectivity index (χ4n) is 3.76. The van der Waals surface area contributed by atoms with Crippen molar-refractivity contribution in [3.05, 3.63) is 0 Å². The summed E-state index contributed by atoms with van der Waals surface area (Å²) in [5.41, 5.74) is 5.89. The van der Waals surface area contributed by atoms with Crippen LogP contribution in [0, 0.1) is 23.7 Å². The van der Waals surface area contributed by atoms with E-state index >= 15 is 0 Å². The molecule has 1 heterocycles. The smallest absolute Gasteiger partial charge is 0.00220 e. The Bertz CT molecular complexity index is 203. The molecule has 1 saturated heterocycles. The van der Waals surface area contributed by atoms with Gasteiger partial charge >= 0.3 is 0 Å². The molecule has 3 atom stereocenters. The topological polar surface area (TPSA) is 29.3 Å². The summed E-state index contributed by atoms with van der Waals surface area (Å²) >= 11 is 0. The largest absolute Gasteiger partial charge is 0.330 e. The summed E-state index contributed by atoms with van der Waals surface area (Å²) in [5, 5.41) is 0. The Morgan fingerprint density at radius 2 is 1.81 bits per heavy atom. The lowest BCUT2D eigenvalue weighted by Gasteiger charge is -2.24. The molecule has 2 fully saturated rings. The van der Waals surface area contributed by atoms with Gasteiger partial charge in [-0.25, -0.2) is 0 Å². The summed E-state index contributed by atoms with van der Waals surface area (Å²) in [6, 6.07) is 0. The number of rotatable bonds is 5. The van der Waals surface area contributed by atoms with Gasteiger partial charge in [0.1, 0.15) is 0 Å². The maximum Gasteiger partial charge on any atom is 0.00220 e. The second-order valence-electron chi connectivity index (χ2n) is 6.40. The molecule has 1 aliphatic carbocycles. The molecule has 0 bridgehead atoms. The third kappa shape index (κ3) is 2.98. The van der Waals surface area contributed by atoms with Crippen molar-refractivity contribution in [2.75, 3.05) is 26.2 Å². The zero-order valence-electron chi connectivity index (χ0n) is 11.0. The Balaban J connectivity index is 1.76. The van der Waals surface area contributed by atoms with Gasteiger partial charge in [-0.3, -0.25) is 0 Å². The lowest BCUT2D eigenvalue weighted by molar-refractivity contribution is 0.242. The van der Waals surface area contributed by atoms with E-state index in [4.69, 9.17) is 5.73 Å². The standard InChI is InChI=1S/C14H28N2/c1-11(2)6-12(7-15)8-16-9-13-4-3-5-14(13)10-16/h11-14H,3-10,15H2,1-2H3. The van der Waals surface area contributed by atoms with Crippen molar-refractivity contribution in [3.8, 4) is 0 Å². The number of fused-ring (bicyclic) bond motifs is 1. The Hall–Kier alpha value is -0.0800. The minimum Gasteiger partial charge on any atom is -0.330 e. The van der Waals surface area contributed by atoms with Crippen molar-refractivity contribution in [2.24, 2.45) is 29.4 Å². The van der Waals surface area contributed by atoms with E-state index < -0.39 is 0 Å². The highest BCUT2D eigenvalue weighted by Gasteiger charge is 2.36. The Kier molecular flexibility index (Phi) is 4.26. The van der Waals surface area contributed by atoms with Gasteiger partial charge in [0.2, 0.25) is 0 Å². The van der Waals surface area contributed by atoms with E-state index in [1.807, 2.05) is 0 Å². The normalized spacial score (nSPS) is 32.2. The fraction of sp³-hybridized carbons (Fsp3) is 1.00. The van der Waals surface area contributed by atoms with E-state index in [0.717, 1.165) is 30.2 Å². The lowest BCUT2D eigenvalue weighted by Crippen LogP contribution is -2.32. The van der Waals surface area contributed by atoms with Gasteiger partial charge in [-0.15, -0.1) is 0 Å². The van der Waals surface area contributed by atoms with Crippen LogP contribution in [-0.4, -0.2) is 31.1 Å². The van der Waals surface area contributed by atoms with Crippen molar-refractivity contribution < 1.29 is 0 Å². The molecule has 0 aromatic heterocycles. The van der Waals surface area contributed by atoms with Crippen LogP contribution in [0.3, 0.4) is 0 Å². The first-order valence-corrected chi connectivity index (χ1v) is 7.11. The summed E-state index contributed by atoms with van der Waals surface area (Å²) in [4.78, 5) is 2.69. The maximum atomic E-state index is 5.89. The highest BCUT2D eigenvalue weighted by Crippen LogP contribution is 2.37. The van der Waals surface area contributed by atoms with Crippen LogP contribution in [-0.2, 0) is 0 Å². The molecule has 0 amide bonds. The molecule has 2 aliphatic rings. The number of nitrogens with two attached hydrogens (primary N) is 1. The van der Waals surface area contributed by atoms with Gasteiger partial charge < -0.3 is 10.6 Å². The second kappa shape index (κ2) is 5.50. The van der Waals surface area contributed by atoms with Gasteiger partial charge in [0.25, 0.3) is 0 Å². The first-order valence-electron chi connectivity index (χ1n) is 7.11. The van der Waals surface area contributed by atoms with Gasteiger partial charge in [0, 0.05) is 19.6 Å². The molecular formula is C14H28N2. The summed E-state index contributed by atoms with van der Waals surface area (Å²) < 4.78 is 0. The van der Waals surface area contributed by atoms with Gasteiger partial charge in [0.05, 0.1) is 0 Å². The minimum atomic E-state index is 0.721. The van der Waals surface area contributed by atoms with Crippen LogP contribution >= 0.6 is 0 Å². The van der Waals surface area contributed by atoms with E-state index in [1.165, 1.54) is 45.3 Å².